The molecule has 3 aromatic carbocycles. The van der Waals surface area contributed by atoms with Gasteiger partial charge in [-0.1, -0.05) is 30.3 Å². The minimum Gasteiger partial charge on any atom is -0.324 e. The van der Waals surface area contributed by atoms with Crippen LogP contribution >= 0.6 is 0 Å². The second-order valence-electron chi connectivity index (χ2n) is 6.14. The van der Waals surface area contributed by atoms with Crippen LogP contribution in [-0.4, -0.2) is 19.6 Å². The number of benzene rings is 3. The Bertz CT molecular complexity index is 1240. The predicted octanol–water partition coefficient (Wildman–Crippen LogP) is 4.48. The summed E-state index contributed by atoms with van der Waals surface area (Å²) < 4.78 is 1.71. The van der Waals surface area contributed by atoms with Crippen molar-refractivity contribution in [1.82, 2.24) is 19.6 Å². The van der Waals surface area contributed by atoms with Crippen LogP contribution in [0.4, 0.5) is 11.6 Å². The lowest BCUT2D eigenvalue weighted by Crippen LogP contribution is -2.04. The first-order valence-electron chi connectivity index (χ1n) is 8.13. The van der Waals surface area contributed by atoms with E-state index in [1.54, 1.807) is 4.52 Å². The highest BCUT2D eigenvalue weighted by Crippen LogP contribution is 2.26. The van der Waals surface area contributed by atoms with E-state index in [-0.39, 0.29) is 0 Å². The minimum atomic E-state index is 0.660. The summed E-state index contributed by atoms with van der Waals surface area (Å²) in [6.07, 6.45) is 1.54. The molecule has 2 heterocycles. The Kier molecular flexibility index (Phi) is 2.94. The van der Waals surface area contributed by atoms with Gasteiger partial charge < -0.3 is 5.32 Å². The first-order valence-corrected chi connectivity index (χ1v) is 8.13. The smallest absolute Gasteiger partial charge is 0.230 e. The van der Waals surface area contributed by atoms with Crippen molar-refractivity contribution < 1.29 is 0 Å². The number of nitrogens with zero attached hydrogens (tertiary/aromatic N) is 4. The molecule has 0 unspecified atom stereocenters. The molecule has 1 N–H and O–H groups in total. The second kappa shape index (κ2) is 5.27. The lowest BCUT2D eigenvalue weighted by Gasteiger charge is -2.09. The van der Waals surface area contributed by atoms with Crippen LogP contribution in [-0.2, 0) is 0 Å². The summed E-state index contributed by atoms with van der Waals surface area (Å²) in [5.74, 6) is 0.660. The van der Waals surface area contributed by atoms with Crippen molar-refractivity contribution in [3.8, 4) is 0 Å². The molecule has 0 bridgehead atoms. The van der Waals surface area contributed by atoms with E-state index in [1.165, 1.54) is 27.9 Å². The van der Waals surface area contributed by atoms with E-state index in [4.69, 9.17) is 0 Å². The van der Waals surface area contributed by atoms with Gasteiger partial charge in [-0.05, 0) is 52.7 Å². The van der Waals surface area contributed by atoms with Crippen LogP contribution in [0.2, 0.25) is 0 Å². The van der Waals surface area contributed by atoms with E-state index < -0.39 is 0 Å². The molecular weight excluding hydrogens is 310 g/mol. The summed E-state index contributed by atoms with van der Waals surface area (Å²) in [5.41, 5.74) is 2.65. The Labute approximate surface area is 144 Å². The molecule has 0 fully saturated rings. The van der Waals surface area contributed by atoms with Gasteiger partial charge in [0.15, 0.2) is 5.65 Å². The van der Waals surface area contributed by atoms with Gasteiger partial charge in [0.05, 0.1) is 0 Å². The van der Waals surface area contributed by atoms with E-state index in [2.05, 4.69) is 75.0 Å². The first-order chi connectivity index (χ1) is 12.3. The van der Waals surface area contributed by atoms with Crippen LogP contribution in [0.1, 0.15) is 5.69 Å². The van der Waals surface area contributed by atoms with E-state index in [0.29, 0.717) is 5.95 Å². The molecule has 0 saturated heterocycles. The van der Waals surface area contributed by atoms with Crippen LogP contribution in [0.5, 0.6) is 0 Å². The van der Waals surface area contributed by atoms with Gasteiger partial charge in [0.25, 0.3) is 0 Å². The van der Waals surface area contributed by atoms with Crippen molar-refractivity contribution in [2.24, 2.45) is 0 Å². The highest BCUT2D eigenvalue weighted by molar-refractivity contribution is 5.99. The first kappa shape index (κ1) is 13.9. The highest BCUT2D eigenvalue weighted by Gasteiger charge is 2.07. The zero-order chi connectivity index (χ0) is 16.8. The lowest BCUT2D eigenvalue weighted by atomic mass is 10.0. The maximum atomic E-state index is 4.55. The van der Waals surface area contributed by atoms with E-state index in [1.807, 2.05) is 13.0 Å². The Morgan fingerprint density at radius 2 is 1.60 bits per heavy atom. The zero-order valence-electron chi connectivity index (χ0n) is 13.6. The maximum absolute atomic E-state index is 4.55. The molecular formula is C20H15N5. The fourth-order valence-electron chi connectivity index (χ4n) is 3.17. The molecule has 0 aliphatic carbocycles. The third-order valence-corrected chi connectivity index (χ3v) is 4.36. The molecule has 0 amide bonds. The molecule has 120 valence electrons. The van der Waals surface area contributed by atoms with Crippen molar-refractivity contribution in [2.75, 3.05) is 5.32 Å². The number of nitrogens with one attached hydrogen (secondary N) is 1. The number of fused-ring (bicyclic) bond motifs is 3. The Hall–Kier alpha value is -3.47. The molecule has 5 rings (SSSR count). The monoisotopic (exact) mass is 325 g/mol. The Morgan fingerprint density at radius 3 is 2.44 bits per heavy atom. The third kappa shape index (κ3) is 2.37. The van der Waals surface area contributed by atoms with Crippen molar-refractivity contribution >= 4 is 38.8 Å². The van der Waals surface area contributed by atoms with E-state index in [9.17, 15) is 0 Å². The molecule has 25 heavy (non-hydrogen) atoms. The summed E-state index contributed by atoms with van der Waals surface area (Å²) >= 11 is 0. The standard InChI is InChI=1S/C20H15N5/c1-13-8-19-21-12-22-25(19)20(23-13)24-18-7-6-16-9-14-4-2-3-5-15(14)10-17(16)11-18/h2-12H,1H3,(H,23,24). The Morgan fingerprint density at radius 1 is 0.840 bits per heavy atom. The predicted molar refractivity (Wildman–Crippen MR) is 100 cm³/mol. The fraction of sp³-hybridized carbons (Fsp3) is 0.0500. The van der Waals surface area contributed by atoms with Gasteiger partial charge in [0, 0.05) is 17.4 Å². The van der Waals surface area contributed by atoms with Crippen LogP contribution in [0.15, 0.2) is 67.0 Å². The molecule has 0 aliphatic heterocycles. The molecule has 0 saturated carbocycles. The largest absolute Gasteiger partial charge is 0.324 e. The van der Waals surface area contributed by atoms with Gasteiger partial charge in [-0.15, -0.1) is 0 Å². The molecule has 0 atom stereocenters. The number of aromatic nitrogens is 4. The summed E-state index contributed by atoms with van der Waals surface area (Å²) in [6.45, 7) is 1.95. The normalized spacial score (nSPS) is 11.4. The number of rotatable bonds is 2. The number of aryl methyl sites for hydroxylation is 1. The van der Waals surface area contributed by atoms with Crippen molar-refractivity contribution in [2.45, 2.75) is 6.92 Å². The zero-order valence-corrected chi connectivity index (χ0v) is 13.6. The van der Waals surface area contributed by atoms with Gasteiger partial charge in [0.1, 0.15) is 6.33 Å². The minimum absolute atomic E-state index is 0.660. The maximum Gasteiger partial charge on any atom is 0.230 e. The van der Waals surface area contributed by atoms with Gasteiger partial charge in [-0.25, -0.2) is 9.97 Å². The number of hydrogen-bond acceptors (Lipinski definition) is 4. The van der Waals surface area contributed by atoms with Crippen molar-refractivity contribution in [1.29, 1.82) is 0 Å². The topological polar surface area (TPSA) is 55.1 Å². The molecule has 5 heteroatoms. The summed E-state index contributed by atoms with van der Waals surface area (Å²) in [5, 5.41) is 12.5. The van der Waals surface area contributed by atoms with Crippen LogP contribution in [0.25, 0.3) is 27.2 Å². The summed E-state index contributed by atoms with van der Waals surface area (Å²) in [6, 6.07) is 21.1. The number of anilines is 2. The second-order valence-corrected chi connectivity index (χ2v) is 6.14. The molecule has 0 spiro atoms. The molecule has 2 aromatic heterocycles. The molecule has 0 aliphatic rings. The number of hydrogen-bond donors (Lipinski definition) is 1. The molecule has 5 aromatic rings. The van der Waals surface area contributed by atoms with Crippen LogP contribution in [0, 0.1) is 6.92 Å². The van der Waals surface area contributed by atoms with E-state index >= 15 is 0 Å². The van der Waals surface area contributed by atoms with Gasteiger partial charge in [-0.3, -0.25) is 0 Å². The van der Waals surface area contributed by atoms with Crippen LogP contribution < -0.4 is 5.32 Å². The average molecular weight is 325 g/mol. The summed E-state index contributed by atoms with van der Waals surface area (Å²) in [7, 11) is 0. The molecule has 5 nitrogen and oxygen atoms in total. The van der Waals surface area contributed by atoms with Crippen LogP contribution in [0.3, 0.4) is 0 Å². The molecule has 0 radical (unpaired) electrons. The van der Waals surface area contributed by atoms with Crippen molar-refractivity contribution in [3.05, 3.63) is 72.7 Å². The van der Waals surface area contributed by atoms with Gasteiger partial charge in [0.2, 0.25) is 5.95 Å². The average Bonchev–Trinajstić information content (AvgIpc) is 3.08. The fourth-order valence-corrected chi connectivity index (χ4v) is 3.17. The van der Waals surface area contributed by atoms with E-state index in [0.717, 1.165) is 17.0 Å². The quantitative estimate of drug-likeness (QED) is 0.486. The van der Waals surface area contributed by atoms with Crippen molar-refractivity contribution in [3.63, 3.8) is 0 Å². The van der Waals surface area contributed by atoms with Gasteiger partial charge in [-0.2, -0.15) is 9.61 Å². The highest BCUT2D eigenvalue weighted by atomic mass is 15.4. The lowest BCUT2D eigenvalue weighted by molar-refractivity contribution is 0.922. The third-order valence-electron chi connectivity index (χ3n) is 4.36. The Balaban J connectivity index is 1.62. The summed E-state index contributed by atoms with van der Waals surface area (Å²) in [4.78, 5) is 8.79. The van der Waals surface area contributed by atoms with Gasteiger partial charge >= 0.3 is 0 Å². The SMILES string of the molecule is Cc1cc2ncnn2c(Nc2ccc3cc4ccccc4cc3c2)n1.